The Hall–Kier alpha value is -1.86. The van der Waals surface area contributed by atoms with Crippen molar-refractivity contribution in [2.75, 3.05) is 0 Å². The first kappa shape index (κ1) is 14.1. The van der Waals surface area contributed by atoms with Gasteiger partial charge in [-0.05, 0) is 31.5 Å². The number of thioether (sulfide) groups is 1. The lowest BCUT2D eigenvalue weighted by molar-refractivity contribution is 0.468. The first-order valence-electron chi connectivity index (χ1n) is 6.23. The molecule has 2 heterocycles. The van der Waals surface area contributed by atoms with Crippen LogP contribution in [0.3, 0.4) is 0 Å². The highest BCUT2D eigenvalue weighted by atomic mass is 32.2. The van der Waals surface area contributed by atoms with Crippen molar-refractivity contribution < 1.29 is 9.52 Å². The molecule has 0 unspecified atom stereocenters. The van der Waals surface area contributed by atoms with Gasteiger partial charge in [0.25, 0.3) is 0 Å². The summed E-state index contributed by atoms with van der Waals surface area (Å²) in [5.74, 6) is 0.719. The van der Waals surface area contributed by atoms with Gasteiger partial charge in [0, 0.05) is 22.8 Å². The molecule has 2 aromatic heterocycles. The summed E-state index contributed by atoms with van der Waals surface area (Å²) in [6.07, 6.45) is 0. The fourth-order valence-corrected chi connectivity index (χ4v) is 3.82. The average Bonchev–Trinajstić information content (AvgIpc) is 2.86. The number of fused-ring (bicyclic) bond motifs is 1. The maximum Gasteiger partial charge on any atom is 0.336 e. The molecule has 0 spiro atoms. The third-order valence-corrected chi connectivity index (χ3v) is 5.10. The number of aromatic nitrogens is 2. The molecule has 0 fully saturated rings. The van der Waals surface area contributed by atoms with Crippen molar-refractivity contribution in [3.8, 4) is 5.75 Å². The minimum atomic E-state index is -0.416. The quantitative estimate of drug-likeness (QED) is 0.589. The van der Waals surface area contributed by atoms with Crippen LogP contribution in [0.15, 0.2) is 31.8 Å². The van der Waals surface area contributed by atoms with Crippen LogP contribution in [-0.2, 0) is 5.75 Å². The van der Waals surface area contributed by atoms with Crippen molar-refractivity contribution in [1.29, 1.82) is 0 Å². The van der Waals surface area contributed by atoms with Gasteiger partial charge in [0.05, 0.1) is 0 Å². The molecular formula is C14H12N2O3S2. The van der Waals surface area contributed by atoms with E-state index in [9.17, 15) is 9.90 Å². The van der Waals surface area contributed by atoms with Crippen molar-refractivity contribution in [3.63, 3.8) is 0 Å². The molecule has 21 heavy (non-hydrogen) atoms. The summed E-state index contributed by atoms with van der Waals surface area (Å²) in [6, 6.07) is 4.86. The van der Waals surface area contributed by atoms with E-state index in [0.29, 0.717) is 16.9 Å². The largest absolute Gasteiger partial charge is 0.508 e. The number of hydrogen-bond donors (Lipinski definition) is 1. The van der Waals surface area contributed by atoms with E-state index in [1.165, 1.54) is 29.2 Å². The van der Waals surface area contributed by atoms with Crippen molar-refractivity contribution in [2.24, 2.45) is 0 Å². The van der Waals surface area contributed by atoms with Gasteiger partial charge in [-0.2, -0.15) is 0 Å². The Kier molecular flexibility index (Phi) is 3.69. The van der Waals surface area contributed by atoms with E-state index < -0.39 is 5.63 Å². The third-order valence-electron chi connectivity index (χ3n) is 3.08. The average molecular weight is 320 g/mol. The van der Waals surface area contributed by atoms with Gasteiger partial charge in [0.2, 0.25) is 0 Å². The standard InChI is InChI=1S/C14H12N2O3S2/c1-7-11(17)4-3-10-9(5-12(18)19-13(7)10)6-20-14-16-15-8(2)21-14/h3-5,17H,6H2,1-2H3. The summed E-state index contributed by atoms with van der Waals surface area (Å²) in [5, 5.41) is 19.5. The SMILES string of the molecule is Cc1nnc(SCc2cc(=O)oc3c(C)c(O)ccc23)s1. The van der Waals surface area contributed by atoms with E-state index in [1.807, 2.05) is 6.92 Å². The predicted molar refractivity (Wildman–Crippen MR) is 83.1 cm³/mol. The number of phenols is 1. The molecule has 3 rings (SSSR count). The normalized spacial score (nSPS) is 11.1. The van der Waals surface area contributed by atoms with Crippen LogP contribution >= 0.6 is 23.1 Å². The van der Waals surface area contributed by atoms with Crippen LogP contribution in [-0.4, -0.2) is 15.3 Å². The van der Waals surface area contributed by atoms with Gasteiger partial charge in [0.15, 0.2) is 4.34 Å². The second-order valence-electron chi connectivity index (χ2n) is 4.55. The minimum Gasteiger partial charge on any atom is -0.508 e. The van der Waals surface area contributed by atoms with Crippen molar-refractivity contribution in [3.05, 3.63) is 44.8 Å². The summed E-state index contributed by atoms with van der Waals surface area (Å²) < 4.78 is 6.09. The van der Waals surface area contributed by atoms with E-state index in [2.05, 4.69) is 10.2 Å². The Morgan fingerprint density at radius 3 is 2.86 bits per heavy atom. The van der Waals surface area contributed by atoms with Gasteiger partial charge < -0.3 is 9.52 Å². The van der Waals surface area contributed by atoms with Crippen molar-refractivity contribution >= 4 is 34.1 Å². The van der Waals surface area contributed by atoms with Gasteiger partial charge in [-0.3, -0.25) is 0 Å². The van der Waals surface area contributed by atoms with Crippen LogP contribution in [0.25, 0.3) is 11.0 Å². The molecule has 0 aliphatic heterocycles. The van der Waals surface area contributed by atoms with E-state index in [-0.39, 0.29) is 5.75 Å². The number of nitrogens with zero attached hydrogens (tertiary/aromatic N) is 2. The van der Waals surface area contributed by atoms with Crippen LogP contribution < -0.4 is 5.63 Å². The Bertz CT molecular complexity index is 870. The summed E-state index contributed by atoms with van der Waals surface area (Å²) in [4.78, 5) is 11.7. The molecule has 1 aromatic carbocycles. The molecule has 0 saturated heterocycles. The number of hydrogen-bond acceptors (Lipinski definition) is 7. The van der Waals surface area contributed by atoms with Gasteiger partial charge in [-0.1, -0.05) is 23.1 Å². The zero-order chi connectivity index (χ0) is 15.0. The molecular weight excluding hydrogens is 308 g/mol. The van der Waals surface area contributed by atoms with E-state index in [4.69, 9.17) is 4.42 Å². The summed E-state index contributed by atoms with van der Waals surface area (Å²) >= 11 is 3.05. The molecule has 1 N–H and O–H groups in total. The molecule has 0 atom stereocenters. The monoisotopic (exact) mass is 320 g/mol. The van der Waals surface area contributed by atoms with Crippen molar-refractivity contribution in [2.45, 2.75) is 23.9 Å². The number of aryl methyl sites for hydroxylation is 2. The fraction of sp³-hybridized carbons (Fsp3) is 0.214. The Morgan fingerprint density at radius 2 is 2.14 bits per heavy atom. The second kappa shape index (κ2) is 5.50. The number of phenolic OH excluding ortho intramolecular Hbond substituents is 1. The summed E-state index contributed by atoms with van der Waals surface area (Å²) in [5.41, 5.74) is 1.46. The highest BCUT2D eigenvalue weighted by molar-refractivity contribution is 8.00. The van der Waals surface area contributed by atoms with Crippen LogP contribution in [0.4, 0.5) is 0 Å². The highest BCUT2D eigenvalue weighted by Gasteiger charge is 2.11. The topological polar surface area (TPSA) is 76.2 Å². The van der Waals surface area contributed by atoms with Gasteiger partial charge in [0.1, 0.15) is 16.3 Å². The van der Waals surface area contributed by atoms with Crippen LogP contribution in [0.5, 0.6) is 5.75 Å². The number of rotatable bonds is 3. The Morgan fingerprint density at radius 1 is 1.33 bits per heavy atom. The molecule has 0 radical (unpaired) electrons. The molecule has 0 saturated carbocycles. The zero-order valence-corrected chi connectivity index (χ0v) is 13.0. The predicted octanol–water partition coefficient (Wildman–Crippen LogP) is 3.26. The van der Waals surface area contributed by atoms with E-state index in [1.54, 1.807) is 19.1 Å². The summed E-state index contributed by atoms with van der Waals surface area (Å²) in [7, 11) is 0. The molecule has 5 nitrogen and oxygen atoms in total. The molecule has 0 bridgehead atoms. The Balaban J connectivity index is 2.01. The maximum atomic E-state index is 11.7. The lowest BCUT2D eigenvalue weighted by Gasteiger charge is -2.07. The van der Waals surface area contributed by atoms with Crippen LogP contribution in [0.2, 0.25) is 0 Å². The lowest BCUT2D eigenvalue weighted by Crippen LogP contribution is -2.00. The molecule has 0 amide bonds. The van der Waals surface area contributed by atoms with Crippen molar-refractivity contribution in [1.82, 2.24) is 10.2 Å². The highest BCUT2D eigenvalue weighted by Crippen LogP contribution is 2.31. The van der Waals surface area contributed by atoms with Gasteiger partial charge in [-0.15, -0.1) is 10.2 Å². The smallest absolute Gasteiger partial charge is 0.336 e. The molecule has 0 aliphatic carbocycles. The van der Waals surface area contributed by atoms with Crippen LogP contribution in [0.1, 0.15) is 16.1 Å². The first-order valence-corrected chi connectivity index (χ1v) is 8.03. The minimum absolute atomic E-state index is 0.121. The van der Waals surface area contributed by atoms with Gasteiger partial charge >= 0.3 is 5.63 Å². The number of aromatic hydroxyl groups is 1. The van der Waals surface area contributed by atoms with E-state index in [0.717, 1.165) is 20.3 Å². The van der Waals surface area contributed by atoms with Crippen LogP contribution in [0, 0.1) is 13.8 Å². The third kappa shape index (κ3) is 2.79. The van der Waals surface area contributed by atoms with Gasteiger partial charge in [-0.25, -0.2) is 4.79 Å². The molecule has 3 aromatic rings. The molecule has 108 valence electrons. The molecule has 0 aliphatic rings. The summed E-state index contributed by atoms with van der Waals surface area (Å²) in [6.45, 7) is 3.63. The maximum absolute atomic E-state index is 11.7. The lowest BCUT2D eigenvalue weighted by atomic mass is 10.1. The molecule has 7 heteroatoms. The zero-order valence-electron chi connectivity index (χ0n) is 11.4. The fourth-order valence-electron chi connectivity index (χ4n) is 2.01. The number of benzene rings is 1. The van der Waals surface area contributed by atoms with E-state index >= 15 is 0 Å². The second-order valence-corrected chi connectivity index (χ2v) is 6.96. The Labute approximate surface area is 128 Å². The first-order chi connectivity index (χ1) is 10.0.